The number of benzene rings is 1. The molecule has 0 saturated carbocycles. The van der Waals surface area contributed by atoms with E-state index in [2.05, 4.69) is 15.5 Å². The molecule has 0 aliphatic rings. The number of nitrogens with one attached hydrogen (secondary N) is 1. The number of hydrogen-bond acceptors (Lipinski definition) is 5. The first kappa shape index (κ1) is 13.4. The van der Waals surface area contributed by atoms with Crippen LogP contribution in [0, 0.1) is 0 Å². The highest BCUT2D eigenvalue weighted by molar-refractivity contribution is 5.45. The van der Waals surface area contributed by atoms with E-state index in [-0.39, 0.29) is 17.5 Å². The van der Waals surface area contributed by atoms with Gasteiger partial charge in [0.1, 0.15) is 11.5 Å². The van der Waals surface area contributed by atoms with E-state index in [0.29, 0.717) is 12.1 Å². The predicted molar refractivity (Wildman–Crippen MR) is 78.0 cm³/mol. The summed E-state index contributed by atoms with van der Waals surface area (Å²) in [4.78, 5) is 0. The number of phenols is 2. The van der Waals surface area contributed by atoms with Crippen LogP contribution in [0.4, 0.5) is 0 Å². The molecule has 108 valence electrons. The molecule has 3 rings (SSSR count). The van der Waals surface area contributed by atoms with Gasteiger partial charge in [-0.1, -0.05) is 12.1 Å². The second-order valence-electron chi connectivity index (χ2n) is 4.86. The van der Waals surface area contributed by atoms with Crippen molar-refractivity contribution in [2.24, 2.45) is 0 Å². The van der Waals surface area contributed by atoms with Crippen LogP contribution in [-0.2, 0) is 6.54 Å². The predicted octanol–water partition coefficient (Wildman–Crippen LogP) is 1.99. The molecule has 0 radical (unpaired) electrons. The van der Waals surface area contributed by atoms with E-state index in [9.17, 15) is 10.2 Å². The largest absolute Gasteiger partial charge is 0.507 e. The monoisotopic (exact) mass is 284 g/mol. The molecular formula is C15H16N4O2. The quantitative estimate of drug-likeness (QED) is 0.682. The molecule has 0 fully saturated rings. The summed E-state index contributed by atoms with van der Waals surface area (Å²) in [6.07, 6.45) is 1.90. The lowest BCUT2D eigenvalue weighted by atomic mass is 10.1. The smallest absolute Gasteiger partial charge is 0.160 e. The van der Waals surface area contributed by atoms with Crippen LogP contribution in [0.15, 0.2) is 42.6 Å². The third-order valence-electron chi connectivity index (χ3n) is 3.44. The number of pyridine rings is 1. The summed E-state index contributed by atoms with van der Waals surface area (Å²) >= 11 is 0. The van der Waals surface area contributed by atoms with E-state index < -0.39 is 0 Å². The van der Waals surface area contributed by atoms with Crippen LogP contribution in [0.5, 0.6) is 11.5 Å². The minimum Gasteiger partial charge on any atom is -0.507 e. The Balaban J connectivity index is 1.78. The minimum absolute atomic E-state index is 0.0705. The van der Waals surface area contributed by atoms with Gasteiger partial charge < -0.3 is 15.5 Å². The lowest BCUT2D eigenvalue weighted by molar-refractivity contribution is 0.417. The maximum atomic E-state index is 9.86. The summed E-state index contributed by atoms with van der Waals surface area (Å²) in [5, 5.41) is 31.2. The van der Waals surface area contributed by atoms with Crippen LogP contribution in [0.2, 0.25) is 0 Å². The summed E-state index contributed by atoms with van der Waals surface area (Å²) in [5.74, 6) is 0.912. The fourth-order valence-corrected chi connectivity index (χ4v) is 2.34. The van der Waals surface area contributed by atoms with Crippen LogP contribution in [0.1, 0.15) is 24.4 Å². The molecule has 0 spiro atoms. The molecule has 1 atom stereocenters. The first-order valence-corrected chi connectivity index (χ1v) is 6.69. The maximum absolute atomic E-state index is 9.86. The van der Waals surface area contributed by atoms with Gasteiger partial charge in [-0.2, -0.15) is 0 Å². The third-order valence-corrected chi connectivity index (χ3v) is 3.44. The van der Waals surface area contributed by atoms with Crippen LogP contribution >= 0.6 is 0 Å². The van der Waals surface area contributed by atoms with Gasteiger partial charge in [-0.05, 0) is 31.2 Å². The van der Waals surface area contributed by atoms with E-state index in [4.69, 9.17) is 0 Å². The van der Waals surface area contributed by atoms with Crippen molar-refractivity contribution in [3.8, 4) is 11.5 Å². The Labute approximate surface area is 121 Å². The highest BCUT2D eigenvalue weighted by atomic mass is 16.3. The number of fused-ring (bicyclic) bond motifs is 1. The molecule has 0 aliphatic heterocycles. The van der Waals surface area contributed by atoms with Gasteiger partial charge in [0.05, 0.1) is 12.1 Å². The summed E-state index contributed by atoms with van der Waals surface area (Å²) in [5.41, 5.74) is 1.26. The lowest BCUT2D eigenvalue weighted by Crippen LogP contribution is -2.19. The average Bonchev–Trinajstić information content (AvgIpc) is 2.88. The standard InChI is InChI=1S/C15H16N4O2/c1-10(15-11(20)5-4-6-12(15)21)16-9-14-18-17-13-7-2-3-8-19(13)14/h2-8,10,16,20-21H,9H2,1H3. The summed E-state index contributed by atoms with van der Waals surface area (Å²) in [6.45, 7) is 2.35. The molecular weight excluding hydrogens is 268 g/mol. The molecule has 1 unspecified atom stereocenters. The van der Waals surface area contributed by atoms with E-state index in [0.717, 1.165) is 11.5 Å². The van der Waals surface area contributed by atoms with Crippen molar-refractivity contribution >= 4 is 5.65 Å². The zero-order chi connectivity index (χ0) is 14.8. The molecule has 6 nitrogen and oxygen atoms in total. The molecule has 21 heavy (non-hydrogen) atoms. The maximum Gasteiger partial charge on any atom is 0.160 e. The van der Waals surface area contributed by atoms with E-state index in [1.807, 2.05) is 35.7 Å². The van der Waals surface area contributed by atoms with Crippen molar-refractivity contribution in [1.82, 2.24) is 19.9 Å². The first-order valence-electron chi connectivity index (χ1n) is 6.69. The van der Waals surface area contributed by atoms with E-state index in [1.165, 1.54) is 0 Å². The van der Waals surface area contributed by atoms with Gasteiger partial charge in [-0.15, -0.1) is 10.2 Å². The number of nitrogens with zero attached hydrogens (tertiary/aromatic N) is 3. The zero-order valence-corrected chi connectivity index (χ0v) is 11.6. The Hall–Kier alpha value is -2.60. The Kier molecular flexibility index (Phi) is 3.45. The number of aromatic hydroxyl groups is 2. The van der Waals surface area contributed by atoms with Crippen LogP contribution in [0.3, 0.4) is 0 Å². The van der Waals surface area contributed by atoms with Gasteiger partial charge in [-0.25, -0.2) is 0 Å². The van der Waals surface area contributed by atoms with Gasteiger partial charge in [-0.3, -0.25) is 4.40 Å². The van der Waals surface area contributed by atoms with Gasteiger partial charge in [0, 0.05) is 12.2 Å². The van der Waals surface area contributed by atoms with E-state index >= 15 is 0 Å². The van der Waals surface area contributed by atoms with Crippen molar-refractivity contribution in [3.05, 3.63) is 54.0 Å². The van der Waals surface area contributed by atoms with Crippen molar-refractivity contribution in [1.29, 1.82) is 0 Å². The Bertz CT molecular complexity index is 749. The van der Waals surface area contributed by atoms with Crippen LogP contribution in [-0.4, -0.2) is 24.8 Å². The van der Waals surface area contributed by atoms with Crippen LogP contribution < -0.4 is 5.32 Å². The second kappa shape index (κ2) is 5.41. The second-order valence-corrected chi connectivity index (χ2v) is 4.86. The molecule has 0 aliphatic carbocycles. The number of phenolic OH excluding ortho intramolecular Hbond substituents is 2. The number of hydrogen-bond donors (Lipinski definition) is 3. The normalized spacial score (nSPS) is 12.6. The van der Waals surface area contributed by atoms with Crippen molar-refractivity contribution < 1.29 is 10.2 Å². The number of rotatable bonds is 4. The van der Waals surface area contributed by atoms with Crippen molar-refractivity contribution in [2.75, 3.05) is 0 Å². The minimum atomic E-state index is -0.220. The lowest BCUT2D eigenvalue weighted by Gasteiger charge is -2.16. The number of aromatic nitrogens is 3. The van der Waals surface area contributed by atoms with Gasteiger partial charge >= 0.3 is 0 Å². The SMILES string of the molecule is CC(NCc1nnc2ccccn12)c1c(O)cccc1O. The van der Waals surface area contributed by atoms with Gasteiger partial charge in [0.15, 0.2) is 11.5 Å². The van der Waals surface area contributed by atoms with E-state index in [1.54, 1.807) is 18.2 Å². The fourth-order valence-electron chi connectivity index (χ4n) is 2.34. The van der Waals surface area contributed by atoms with Crippen LogP contribution in [0.25, 0.3) is 5.65 Å². The van der Waals surface area contributed by atoms with Crippen molar-refractivity contribution in [3.63, 3.8) is 0 Å². The topological polar surface area (TPSA) is 82.7 Å². The first-order chi connectivity index (χ1) is 10.2. The molecule has 0 amide bonds. The molecule has 0 saturated heterocycles. The third kappa shape index (κ3) is 2.53. The molecule has 0 bridgehead atoms. The molecule has 6 heteroatoms. The van der Waals surface area contributed by atoms with Crippen molar-refractivity contribution in [2.45, 2.75) is 19.5 Å². The average molecular weight is 284 g/mol. The van der Waals surface area contributed by atoms with Gasteiger partial charge in [0.2, 0.25) is 0 Å². The molecule has 2 aromatic heterocycles. The summed E-state index contributed by atoms with van der Waals surface area (Å²) in [6, 6.07) is 10.2. The highest BCUT2D eigenvalue weighted by Crippen LogP contribution is 2.32. The summed E-state index contributed by atoms with van der Waals surface area (Å²) in [7, 11) is 0. The summed E-state index contributed by atoms with van der Waals surface area (Å²) < 4.78 is 1.89. The molecule has 3 aromatic rings. The Morgan fingerprint density at radius 2 is 1.86 bits per heavy atom. The Morgan fingerprint density at radius 1 is 1.10 bits per heavy atom. The Morgan fingerprint density at radius 3 is 2.62 bits per heavy atom. The zero-order valence-electron chi connectivity index (χ0n) is 11.6. The fraction of sp³-hybridized carbons (Fsp3) is 0.200. The highest BCUT2D eigenvalue weighted by Gasteiger charge is 2.15. The van der Waals surface area contributed by atoms with Gasteiger partial charge in [0.25, 0.3) is 0 Å². The molecule has 2 heterocycles. The molecule has 3 N–H and O–H groups in total. The molecule has 1 aromatic carbocycles.